The third-order valence-corrected chi connectivity index (χ3v) is 3.54. The first-order valence-electron chi connectivity index (χ1n) is 7.11. The first-order valence-corrected chi connectivity index (χ1v) is 7.87. The summed E-state index contributed by atoms with van der Waals surface area (Å²) in [6.07, 6.45) is 2.78. The van der Waals surface area contributed by atoms with Gasteiger partial charge in [0.05, 0.1) is 10.7 Å². The molecule has 2 rings (SSSR count). The number of aliphatic imine (C=N–C) groups is 1. The molecule has 0 fully saturated rings. The fraction of sp³-hybridized carbons (Fsp3) is 0.176. The monoisotopic (exact) mass is 350 g/mol. The van der Waals surface area contributed by atoms with Crippen LogP contribution in [0.5, 0.6) is 5.75 Å². The van der Waals surface area contributed by atoms with E-state index in [-0.39, 0.29) is 16.7 Å². The molecule has 0 unspecified atom stereocenters. The third kappa shape index (κ3) is 4.98. The maximum Gasteiger partial charge on any atom is 0.224 e. The summed E-state index contributed by atoms with van der Waals surface area (Å²) in [6, 6.07) is 10.1. The van der Waals surface area contributed by atoms with Crippen molar-refractivity contribution in [3.05, 3.63) is 52.0 Å². The van der Waals surface area contributed by atoms with Gasteiger partial charge >= 0.3 is 0 Å². The lowest BCUT2D eigenvalue weighted by Gasteiger charge is -2.04. The predicted molar refractivity (Wildman–Crippen MR) is 95.4 cm³/mol. The summed E-state index contributed by atoms with van der Waals surface area (Å²) in [4.78, 5) is 15.8. The highest BCUT2D eigenvalue weighted by Crippen LogP contribution is 2.30. The van der Waals surface area contributed by atoms with Gasteiger partial charge in [-0.1, -0.05) is 30.1 Å². The molecule has 0 saturated heterocycles. The van der Waals surface area contributed by atoms with Crippen LogP contribution in [0.15, 0.2) is 41.4 Å². The molecule has 0 saturated carbocycles. The van der Waals surface area contributed by atoms with Crippen LogP contribution in [0.2, 0.25) is 10.0 Å². The predicted octanol–water partition coefficient (Wildman–Crippen LogP) is 5.19. The van der Waals surface area contributed by atoms with E-state index in [1.165, 1.54) is 12.3 Å². The minimum Gasteiger partial charge on any atom is -0.506 e. The van der Waals surface area contributed by atoms with Crippen molar-refractivity contribution >= 4 is 46.7 Å². The number of phenols is 1. The third-order valence-electron chi connectivity index (χ3n) is 3.04. The maximum absolute atomic E-state index is 11.5. The van der Waals surface area contributed by atoms with Crippen LogP contribution in [0.25, 0.3) is 0 Å². The van der Waals surface area contributed by atoms with Gasteiger partial charge in [0.2, 0.25) is 5.91 Å². The van der Waals surface area contributed by atoms with E-state index >= 15 is 0 Å². The standard InChI is InChI=1S/C17H16Cl2N2O2/c1-2-3-16(22)21-14-6-4-13(5-7-14)20-10-11-8-12(18)9-15(19)17(11)23/h4-10,23H,2-3H2,1H3,(H,21,22). The number of rotatable bonds is 5. The normalized spacial score (nSPS) is 10.9. The van der Waals surface area contributed by atoms with Crippen LogP contribution in [0.1, 0.15) is 25.3 Å². The lowest BCUT2D eigenvalue weighted by molar-refractivity contribution is -0.116. The highest BCUT2D eigenvalue weighted by molar-refractivity contribution is 6.36. The van der Waals surface area contributed by atoms with E-state index in [4.69, 9.17) is 23.2 Å². The maximum atomic E-state index is 11.5. The molecule has 0 radical (unpaired) electrons. The number of aromatic hydroxyl groups is 1. The number of benzene rings is 2. The summed E-state index contributed by atoms with van der Waals surface area (Å²) >= 11 is 11.8. The molecule has 0 aliphatic carbocycles. The van der Waals surface area contributed by atoms with Gasteiger partial charge in [0.1, 0.15) is 5.75 Å². The summed E-state index contributed by atoms with van der Waals surface area (Å²) < 4.78 is 0. The Morgan fingerprint density at radius 3 is 2.61 bits per heavy atom. The average Bonchev–Trinajstić information content (AvgIpc) is 2.51. The summed E-state index contributed by atoms with van der Waals surface area (Å²) in [6.45, 7) is 1.95. The number of hydrogen-bond donors (Lipinski definition) is 2. The van der Waals surface area contributed by atoms with Crippen LogP contribution in [0.4, 0.5) is 11.4 Å². The van der Waals surface area contributed by atoms with Crippen molar-refractivity contribution in [1.29, 1.82) is 0 Å². The Kier molecular flexibility index (Phi) is 6.02. The van der Waals surface area contributed by atoms with E-state index in [2.05, 4.69) is 10.3 Å². The van der Waals surface area contributed by atoms with Gasteiger partial charge in [-0.2, -0.15) is 0 Å². The van der Waals surface area contributed by atoms with Crippen LogP contribution < -0.4 is 5.32 Å². The summed E-state index contributed by atoms with van der Waals surface area (Å²) in [5.74, 6) is -0.0782. The second-order valence-corrected chi connectivity index (χ2v) is 5.77. The number of phenolic OH excluding ortho intramolecular Hbond substituents is 1. The zero-order valence-corrected chi connectivity index (χ0v) is 14.0. The van der Waals surface area contributed by atoms with Crippen molar-refractivity contribution in [2.24, 2.45) is 4.99 Å². The molecule has 2 N–H and O–H groups in total. The van der Waals surface area contributed by atoms with Crippen molar-refractivity contribution < 1.29 is 9.90 Å². The molecule has 23 heavy (non-hydrogen) atoms. The zero-order valence-electron chi connectivity index (χ0n) is 12.5. The number of nitrogens with one attached hydrogen (secondary N) is 1. The van der Waals surface area contributed by atoms with Crippen molar-refractivity contribution in [1.82, 2.24) is 0 Å². The molecule has 0 spiro atoms. The molecule has 0 heterocycles. The van der Waals surface area contributed by atoms with Crippen LogP contribution >= 0.6 is 23.2 Å². The average molecular weight is 351 g/mol. The molecule has 0 atom stereocenters. The van der Waals surface area contributed by atoms with E-state index in [1.54, 1.807) is 30.3 Å². The smallest absolute Gasteiger partial charge is 0.224 e. The van der Waals surface area contributed by atoms with E-state index in [9.17, 15) is 9.90 Å². The SMILES string of the molecule is CCCC(=O)Nc1ccc(N=Cc2cc(Cl)cc(Cl)c2O)cc1. The lowest BCUT2D eigenvalue weighted by atomic mass is 10.2. The summed E-state index contributed by atoms with van der Waals surface area (Å²) in [5.41, 5.74) is 1.83. The van der Waals surface area contributed by atoms with Gasteiger partial charge in [-0.3, -0.25) is 9.79 Å². The van der Waals surface area contributed by atoms with Crippen LogP contribution in [0.3, 0.4) is 0 Å². The van der Waals surface area contributed by atoms with Gasteiger partial charge in [-0.15, -0.1) is 0 Å². The largest absolute Gasteiger partial charge is 0.506 e. The van der Waals surface area contributed by atoms with Crippen molar-refractivity contribution in [3.8, 4) is 5.75 Å². The Morgan fingerprint density at radius 1 is 1.26 bits per heavy atom. The fourth-order valence-electron chi connectivity index (χ4n) is 1.91. The molecule has 0 aromatic heterocycles. The Labute approximate surface area is 144 Å². The van der Waals surface area contributed by atoms with Gasteiger partial charge < -0.3 is 10.4 Å². The number of amides is 1. The molecule has 6 heteroatoms. The topological polar surface area (TPSA) is 61.7 Å². The molecule has 120 valence electrons. The Bertz CT molecular complexity index is 728. The number of nitrogens with zero attached hydrogens (tertiary/aromatic N) is 1. The minimum atomic E-state index is -0.0664. The van der Waals surface area contributed by atoms with Gasteiger partial charge in [0, 0.05) is 28.9 Å². The first-order chi connectivity index (χ1) is 11.0. The number of hydrogen-bond acceptors (Lipinski definition) is 3. The van der Waals surface area contributed by atoms with Crippen LogP contribution in [-0.2, 0) is 4.79 Å². The molecule has 2 aromatic carbocycles. The molecule has 1 amide bonds. The fourth-order valence-corrected chi connectivity index (χ4v) is 2.42. The van der Waals surface area contributed by atoms with E-state index in [1.807, 2.05) is 6.92 Å². The molecule has 2 aromatic rings. The van der Waals surface area contributed by atoms with E-state index in [0.29, 0.717) is 22.7 Å². The van der Waals surface area contributed by atoms with Crippen molar-refractivity contribution in [2.75, 3.05) is 5.32 Å². The van der Waals surface area contributed by atoms with E-state index in [0.717, 1.165) is 12.1 Å². The lowest BCUT2D eigenvalue weighted by Crippen LogP contribution is -2.10. The van der Waals surface area contributed by atoms with Gasteiger partial charge in [-0.05, 0) is 42.8 Å². The van der Waals surface area contributed by atoms with Crippen molar-refractivity contribution in [3.63, 3.8) is 0 Å². The molecule has 0 aliphatic heterocycles. The summed E-state index contributed by atoms with van der Waals surface area (Å²) in [5, 5.41) is 13.3. The number of anilines is 1. The highest BCUT2D eigenvalue weighted by Gasteiger charge is 2.06. The quantitative estimate of drug-likeness (QED) is 0.729. The Balaban J connectivity index is 2.10. The van der Waals surface area contributed by atoms with E-state index < -0.39 is 0 Å². The highest BCUT2D eigenvalue weighted by atomic mass is 35.5. The minimum absolute atomic E-state index is 0.0118. The molecular formula is C17H16Cl2N2O2. The van der Waals surface area contributed by atoms with Crippen molar-refractivity contribution in [2.45, 2.75) is 19.8 Å². The van der Waals surface area contributed by atoms with Gasteiger partial charge in [-0.25, -0.2) is 0 Å². The molecular weight excluding hydrogens is 335 g/mol. The van der Waals surface area contributed by atoms with Crippen LogP contribution in [0, 0.1) is 0 Å². The Hall–Kier alpha value is -2.04. The zero-order chi connectivity index (χ0) is 16.8. The number of carbonyl (C=O) groups is 1. The first kappa shape index (κ1) is 17.3. The summed E-state index contributed by atoms with van der Waals surface area (Å²) in [7, 11) is 0. The second kappa shape index (κ2) is 7.99. The van der Waals surface area contributed by atoms with Crippen LogP contribution in [-0.4, -0.2) is 17.2 Å². The van der Waals surface area contributed by atoms with Gasteiger partial charge in [0.25, 0.3) is 0 Å². The number of halogens is 2. The second-order valence-electron chi connectivity index (χ2n) is 4.93. The Morgan fingerprint density at radius 2 is 1.96 bits per heavy atom. The van der Waals surface area contributed by atoms with Gasteiger partial charge in [0.15, 0.2) is 0 Å². The molecule has 0 bridgehead atoms. The molecule has 4 nitrogen and oxygen atoms in total. The number of carbonyl (C=O) groups excluding carboxylic acids is 1. The molecule has 0 aliphatic rings.